The van der Waals surface area contributed by atoms with Crippen LogP contribution in [0.1, 0.15) is 39.0 Å². The lowest BCUT2D eigenvalue weighted by Gasteiger charge is -2.22. The van der Waals surface area contributed by atoms with Crippen molar-refractivity contribution >= 4 is 23.2 Å². The van der Waals surface area contributed by atoms with E-state index < -0.39 is 16.9 Å². The van der Waals surface area contributed by atoms with Gasteiger partial charge in [0.1, 0.15) is 0 Å². The van der Waals surface area contributed by atoms with Gasteiger partial charge in [-0.3, -0.25) is 0 Å². The van der Waals surface area contributed by atoms with Crippen molar-refractivity contribution < 1.29 is 13.2 Å². The van der Waals surface area contributed by atoms with Crippen molar-refractivity contribution in [2.45, 2.75) is 49.5 Å². The second-order valence-electron chi connectivity index (χ2n) is 3.01. The largest absolute Gasteiger partial charge is 0.368 e. The van der Waals surface area contributed by atoms with Gasteiger partial charge in [0.2, 0.25) is 0 Å². The zero-order chi connectivity index (χ0) is 10.5. The van der Waals surface area contributed by atoms with Crippen LogP contribution in [-0.2, 0) is 0 Å². The Morgan fingerprint density at radius 2 is 1.54 bits per heavy atom. The third-order valence-electron chi connectivity index (χ3n) is 1.76. The summed E-state index contributed by atoms with van der Waals surface area (Å²) in [6.07, 6.45) is 2.46. The Morgan fingerprint density at radius 3 is 1.92 bits per heavy atom. The normalized spacial score (nSPS) is 17.1. The van der Waals surface area contributed by atoms with Crippen molar-refractivity contribution in [3.8, 4) is 0 Å². The molecule has 0 aromatic heterocycles. The minimum absolute atomic E-state index is 0.330. The van der Waals surface area contributed by atoms with E-state index in [0.717, 1.165) is 12.8 Å². The topological polar surface area (TPSA) is 0 Å². The number of hydrogen-bond acceptors (Lipinski definition) is 0. The van der Waals surface area contributed by atoms with Gasteiger partial charge in [-0.15, -0.1) is 0 Å². The lowest BCUT2D eigenvalue weighted by molar-refractivity contribution is -0.0250. The summed E-state index contributed by atoms with van der Waals surface area (Å²) in [6.45, 7) is 1.97. The molecule has 0 fully saturated rings. The summed E-state index contributed by atoms with van der Waals surface area (Å²) in [5, 5.41) is -7.09. The van der Waals surface area contributed by atoms with E-state index >= 15 is 0 Å². The van der Waals surface area contributed by atoms with Crippen LogP contribution in [0.4, 0.5) is 13.2 Å². The summed E-state index contributed by atoms with van der Waals surface area (Å²) in [6, 6.07) is 0. The van der Waals surface area contributed by atoms with Crippen LogP contribution in [0.5, 0.6) is 0 Å². The zero-order valence-electron chi connectivity index (χ0n) is 7.43. The van der Waals surface area contributed by atoms with Crippen molar-refractivity contribution in [3.63, 3.8) is 0 Å². The van der Waals surface area contributed by atoms with E-state index in [0.29, 0.717) is 12.8 Å². The molecule has 0 bridgehead atoms. The summed E-state index contributed by atoms with van der Waals surface area (Å²) < 4.78 is 37.4. The lowest BCUT2D eigenvalue weighted by Crippen LogP contribution is -2.33. The van der Waals surface area contributed by atoms with Crippen LogP contribution in [0.15, 0.2) is 0 Å². The molecule has 5 heteroatoms. The molecule has 0 radical (unpaired) electrons. The average molecular weight is 237 g/mol. The van der Waals surface area contributed by atoms with E-state index in [1.165, 1.54) is 0 Å². The molecule has 80 valence electrons. The Morgan fingerprint density at radius 1 is 1.00 bits per heavy atom. The van der Waals surface area contributed by atoms with E-state index in [-0.39, 0.29) is 0 Å². The van der Waals surface area contributed by atoms with Gasteiger partial charge in [0.15, 0.2) is 0 Å². The fourth-order valence-corrected chi connectivity index (χ4v) is 1.14. The molecule has 0 saturated heterocycles. The molecule has 0 nitrogen and oxygen atoms in total. The fraction of sp³-hybridized carbons (Fsp3) is 1.00. The second-order valence-corrected chi connectivity index (χ2v) is 4.09. The van der Waals surface area contributed by atoms with Crippen LogP contribution < -0.4 is 0 Å². The highest BCUT2D eigenvalue weighted by Gasteiger charge is 2.51. The average Bonchev–Trinajstić information content (AvgIpc) is 1.96. The number of alkyl halides is 5. The predicted octanol–water partition coefficient (Wildman–Crippen LogP) is 4.69. The highest BCUT2D eigenvalue weighted by molar-refractivity contribution is 6.32. The van der Waals surface area contributed by atoms with Gasteiger partial charge < -0.3 is 0 Å². The molecule has 0 aliphatic carbocycles. The molecule has 0 aromatic rings. The highest BCUT2D eigenvalue weighted by Crippen LogP contribution is 2.43. The Bertz CT molecular complexity index is 143. The minimum atomic E-state index is -3.99. The first-order chi connectivity index (χ1) is 5.81. The number of rotatable bonds is 6. The maximum absolute atomic E-state index is 12.9. The molecule has 1 unspecified atom stereocenters. The van der Waals surface area contributed by atoms with Gasteiger partial charge in [-0.1, -0.05) is 37.8 Å². The Labute approximate surface area is 86.4 Å². The van der Waals surface area contributed by atoms with Gasteiger partial charge in [0.05, 0.1) is 0 Å². The predicted molar refractivity (Wildman–Crippen MR) is 49.3 cm³/mol. The van der Waals surface area contributed by atoms with E-state index in [4.69, 9.17) is 11.6 Å². The summed E-state index contributed by atoms with van der Waals surface area (Å²) in [4.78, 5) is 0. The molecular weight excluding hydrogens is 224 g/mol. The standard InChI is InChI=1S/C8H13Cl2F3/c1-2-3-4-5-6-7(9,11)8(10,12)13/h2-6H2,1H3. The monoisotopic (exact) mass is 236 g/mol. The summed E-state index contributed by atoms with van der Waals surface area (Å²) in [5.74, 6) is 0. The lowest BCUT2D eigenvalue weighted by atomic mass is 10.1. The van der Waals surface area contributed by atoms with Crippen LogP contribution in [0.2, 0.25) is 0 Å². The highest BCUT2D eigenvalue weighted by atomic mass is 35.5. The molecule has 0 aliphatic heterocycles. The van der Waals surface area contributed by atoms with Crippen LogP contribution >= 0.6 is 23.2 Å². The van der Waals surface area contributed by atoms with Crippen molar-refractivity contribution in [1.29, 1.82) is 0 Å². The van der Waals surface area contributed by atoms with Crippen molar-refractivity contribution in [1.82, 2.24) is 0 Å². The minimum Gasteiger partial charge on any atom is -0.218 e. The summed E-state index contributed by atoms with van der Waals surface area (Å²) >= 11 is 9.44. The number of hydrogen-bond donors (Lipinski definition) is 0. The first-order valence-electron chi connectivity index (χ1n) is 4.26. The Balaban J connectivity index is 3.77. The number of unbranched alkanes of at least 4 members (excludes halogenated alkanes) is 3. The third-order valence-corrected chi connectivity index (χ3v) is 2.58. The molecule has 0 saturated carbocycles. The SMILES string of the molecule is CCCCCCC(F)(Cl)C(F)(F)Cl. The van der Waals surface area contributed by atoms with E-state index in [1.54, 1.807) is 0 Å². The van der Waals surface area contributed by atoms with Crippen LogP contribution in [-0.4, -0.2) is 10.5 Å². The van der Waals surface area contributed by atoms with Gasteiger partial charge in [-0.2, -0.15) is 8.78 Å². The van der Waals surface area contributed by atoms with Crippen molar-refractivity contribution in [2.75, 3.05) is 0 Å². The molecule has 0 aliphatic rings. The van der Waals surface area contributed by atoms with E-state index in [9.17, 15) is 13.2 Å². The van der Waals surface area contributed by atoms with Crippen LogP contribution in [0, 0.1) is 0 Å². The molecule has 0 amide bonds. The summed E-state index contributed by atoms with van der Waals surface area (Å²) in [7, 11) is 0. The van der Waals surface area contributed by atoms with Crippen LogP contribution in [0.25, 0.3) is 0 Å². The number of halogens is 5. The molecule has 13 heavy (non-hydrogen) atoms. The Hall–Kier alpha value is 0.370. The molecular formula is C8H13Cl2F3. The first kappa shape index (κ1) is 13.4. The maximum Gasteiger partial charge on any atom is 0.368 e. The molecule has 0 heterocycles. The first-order valence-corrected chi connectivity index (χ1v) is 5.01. The van der Waals surface area contributed by atoms with E-state index in [1.807, 2.05) is 6.92 Å². The van der Waals surface area contributed by atoms with E-state index in [2.05, 4.69) is 11.6 Å². The quantitative estimate of drug-likeness (QED) is 0.464. The van der Waals surface area contributed by atoms with Gasteiger partial charge in [-0.05, 0) is 18.0 Å². The van der Waals surface area contributed by atoms with Crippen molar-refractivity contribution in [3.05, 3.63) is 0 Å². The molecule has 1 atom stereocenters. The van der Waals surface area contributed by atoms with Gasteiger partial charge in [0.25, 0.3) is 5.13 Å². The molecule has 0 spiro atoms. The fourth-order valence-electron chi connectivity index (χ4n) is 0.916. The van der Waals surface area contributed by atoms with Gasteiger partial charge >= 0.3 is 5.38 Å². The van der Waals surface area contributed by atoms with Gasteiger partial charge in [0, 0.05) is 6.42 Å². The molecule has 0 rings (SSSR count). The summed E-state index contributed by atoms with van der Waals surface area (Å²) in [5.41, 5.74) is 0. The van der Waals surface area contributed by atoms with Crippen LogP contribution in [0.3, 0.4) is 0 Å². The maximum atomic E-state index is 12.9. The van der Waals surface area contributed by atoms with Crippen molar-refractivity contribution in [2.24, 2.45) is 0 Å². The van der Waals surface area contributed by atoms with Gasteiger partial charge in [-0.25, -0.2) is 4.39 Å². The molecule has 0 aromatic carbocycles. The smallest absolute Gasteiger partial charge is 0.218 e. The Kier molecular flexibility index (Phi) is 5.45. The zero-order valence-corrected chi connectivity index (χ0v) is 8.94. The third kappa shape index (κ3) is 4.96. The second kappa shape index (κ2) is 5.30. The molecule has 0 N–H and O–H groups in total.